The molecule has 1 saturated heterocycles. The summed E-state index contributed by atoms with van der Waals surface area (Å²) in [6, 6.07) is 7.44. The smallest absolute Gasteiger partial charge is 0.404 e. The molecule has 2 N–H and O–H groups in total. The summed E-state index contributed by atoms with van der Waals surface area (Å²) in [7, 11) is 0. The Morgan fingerprint density at radius 3 is 2.75 bits per heavy atom. The highest BCUT2D eigenvalue weighted by Gasteiger charge is 2.38. The van der Waals surface area contributed by atoms with Crippen LogP contribution in [0.1, 0.15) is 74.0 Å². The van der Waals surface area contributed by atoms with Gasteiger partial charge in [0.1, 0.15) is 0 Å². The molecule has 1 saturated carbocycles. The van der Waals surface area contributed by atoms with E-state index in [1.807, 2.05) is 0 Å². The van der Waals surface area contributed by atoms with Gasteiger partial charge in [-0.15, -0.1) is 12.4 Å². The average Bonchev–Trinajstić information content (AvgIpc) is 3.10. The van der Waals surface area contributed by atoms with Crippen LogP contribution in [0.3, 0.4) is 0 Å². The van der Waals surface area contributed by atoms with Crippen molar-refractivity contribution in [2.45, 2.75) is 76.2 Å². The molecular formula is C23H35ClN2O2. The molecule has 0 aromatic heterocycles. The number of nitrogens with zero attached hydrogens (tertiary/aromatic N) is 1. The quantitative estimate of drug-likeness (QED) is 0.699. The Labute approximate surface area is 175 Å². The van der Waals surface area contributed by atoms with Gasteiger partial charge < -0.3 is 10.4 Å². The zero-order valence-corrected chi connectivity index (χ0v) is 17.7. The van der Waals surface area contributed by atoms with Crippen LogP contribution in [0.15, 0.2) is 18.2 Å². The molecule has 4 rings (SSSR count). The standard InChI is InChI=1S/C23H34N2O2.ClH/c26-23(27)24-14-11-18-7-4-8-20-19(18)9-10-22-21(20)13-16-25(22)15-12-17-5-2-1-3-6-17;/h4,7-8,17,21-22,24H,1-3,5-6,9-16H2,(H,26,27);1H/t21-,22+;/m1./s1. The van der Waals surface area contributed by atoms with Crippen LogP contribution in [0.5, 0.6) is 0 Å². The normalized spacial score (nSPS) is 24.9. The maximum absolute atomic E-state index is 10.7. The van der Waals surface area contributed by atoms with Crippen LogP contribution < -0.4 is 5.32 Å². The Balaban J connectivity index is 0.00000225. The van der Waals surface area contributed by atoms with Gasteiger partial charge in [-0.3, -0.25) is 4.90 Å². The predicted molar refractivity (Wildman–Crippen MR) is 116 cm³/mol. The monoisotopic (exact) mass is 406 g/mol. The van der Waals surface area contributed by atoms with Crippen molar-refractivity contribution in [3.8, 4) is 0 Å². The van der Waals surface area contributed by atoms with Crippen molar-refractivity contribution < 1.29 is 9.90 Å². The molecule has 2 atom stereocenters. The summed E-state index contributed by atoms with van der Waals surface area (Å²) in [5.41, 5.74) is 4.42. The summed E-state index contributed by atoms with van der Waals surface area (Å²) < 4.78 is 0. The van der Waals surface area contributed by atoms with Gasteiger partial charge in [0.2, 0.25) is 0 Å². The maximum atomic E-state index is 10.7. The molecule has 1 amide bonds. The lowest BCUT2D eigenvalue weighted by Gasteiger charge is -2.35. The molecule has 28 heavy (non-hydrogen) atoms. The fourth-order valence-corrected chi connectivity index (χ4v) is 5.90. The topological polar surface area (TPSA) is 52.6 Å². The number of hydrogen-bond acceptors (Lipinski definition) is 2. The van der Waals surface area contributed by atoms with Crippen molar-refractivity contribution in [1.82, 2.24) is 10.2 Å². The molecular weight excluding hydrogens is 372 g/mol. The fourth-order valence-electron chi connectivity index (χ4n) is 5.90. The van der Waals surface area contributed by atoms with Crippen LogP contribution >= 0.6 is 12.4 Å². The average molecular weight is 407 g/mol. The van der Waals surface area contributed by atoms with Gasteiger partial charge >= 0.3 is 6.09 Å². The lowest BCUT2D eigenvalue weighted by atomic mass is 9.77. The maximum Gasteiger partial charge on any atom is 0.404 e. The number of likely N-dealkylation sites (tertiary alicyclic amines) is 1. The predicted octanol–water partition coefficient (Wildman–Crippen LogP) is 4.99. The SMILES string of the molecule is Cl.O=C(O)NCCc1cccc2c1CC[C@H]1[C@@H]2CCN1CCC1CCCCC1. The van der Waals surface area contributed by atoms with Crippen molar-refractivity contribution in [2.24, 2.45) is 5.92 Å². The first-order valence-electron chi connectivity index (χ1n) is 11.0. The Morgan fingerprint density at radius 1 is 1.14 bits per heavy atom. The summed E-state index contributed by atoms with van der Waals surface area (Å²) in [6.45, 7) is 3.06. The van der Waals surface area contributed by atoms with Gasteiger partial charge in [0, 0.05) is 18.5 Å². The number of amides is 1. The Kier molecular flexibility index (Phi) is 7.64. The van der Waals surface area contributed by atoms with Gasteiger partial charge in [0.15, 0.2) is 0 Å². The van der Waals surface area contributed by atoms with Gasteiger partial charge in [-0.05, 0) is 67.8 Å². The molecule has 0 unspecified atom stereocenters. The summed E-state index contributed by atoms with van der Waals surface area (Å²) in [6.07, 6.45) is 12.2. The molecule has 1 heterocycles. The van der Waals surface area contributed by atoms with E-state index in [1.54, 1.807) is 5.56 Å². The third-order valence-corrected chi connectivity index (χ3v) is 7.28. The number of benzene rings is 1. The number of carbonyl (C=O) groups is 1. The van der Waals surface area contributed by atoms with Crippen molar-refractivity contribution in [3.63, 3.8) is 0 Å². The van der Waals surface area contributed by atoms with E-state index >= 15 is 0 Å². The molecule has 3 aliphatic rings. The molecule has 4 nitrogen and oxygen atoms in total. The van der Waals surface area contributed by atoms with E-state index in [1.165, 1.54) is 75.6 Å². The summed E-state index contributed by atoms with van der Waals surface area (Å²) in [5.74, 6) is 1.66. The van der Waals surface area contributed by atoms with E-state index < -0.39 is 6.09 Å². The molecule has 0 radical (unpaired) electrons. The van der Waals surface area contributed by atoms with Crippen LogP contribution in [0, 0.1) is 5.92 Å². The number of carboxylic acid groups (broad SMARTS) is 1. The molecule has 2 fully saturated rings. The largest absolute Gasteiger partial charge is 0.465 e. The molecule has 2 aliphatic carbocycles. The Bertz CT molecular complexity index is 660. The third-order valence-electron chi connectivity index (χ3n) is 7.28. The van der Waals surface area contributed by atoms with Crippen LogP contribution in [0.4, 0.5) is 4.79 Å². The van der Waals surface area contributed by atoms with E-state index in [4.69, 9.17) is 5.11 Å². The van der Waals surface area contributed by atoms with Crippen molar-refractivity contribution in [2.75, 3.05) is 19.6 Å². The molecule has 156 valence electrons. The van der Waals surface area contributed by atoms with Crippen molar-refractivity contribution >= 4 is 18.5 Å². The van der Waals surface area contributed by atoms with Crippen molar-refractivity contribution in [3.05, 3.63) is 34.9 Å². The lowest BCUT2D eigenvalue weighted by molar-refractivity contribution is 0.194. The number of halogens is 1. The molecule has 1 aliphatic heterocycles. The Morgan fingerprint density at radius 2 is 1.96 bits per heavy atom. The molecule has 0 spiro atoms. The van der Waals surface area contributed by atoms with Crippen LogP contribution in [-0.4, -0.2) is 41.8 Å². The highest BCUT2D eigenvalue weighted by molar-refractivity contribution is 5.85. The summed E-state index contributed by atoms with van der Waals surface area (Å²) in [4.78, 5) is 13.5. The van der Waals surface area contributed by atoms with Crippen molar-refractivity contribution in [1.29, 1.82) is 0 Å². The van der Waals surface area contributed by atoms with E-state index in [9.17, 15) is 4.79 Å². The highest BCUT2D eigenvalue weighted by Crippen LogP contribution is 2.43. The first kappa shape index (κ1) is 21.4. The molecule has 1 aromatic rings. The van der Waals surface area contributed by atoms with E-state index in [0.29, 0.717) is 12.5 Å². The van der Waals surface area contributed by atoms with Crippen LogP contribution in [-0.2, 0) is 12.8 Å². The lowest BCUT2D eigenvalue weighted by Crippen LogP contribution is -2.36. The minimum absolute atomic E-state index is 0. The minimum Gasteiger partial charge on any atom is -0.465 e. The second-order valence-electron chi connectivity index (χ2n) is 8.80. The van der Waals surface area contributed by atoms with Gasteiger partial charge in [-0.25, -0.2) is 4.79 Å². The van der Waals surface area contributed by atoms with E-state index in [-0.39, 0.29) is 12.4 Å². The van der Waals surface area contributed by atoms with Gasteiger partial charge in [0.25, 0.3) is 0 Å². The first-order chi connectivity index (χ1) is 13.2. The fraction of sp³-hybridized carbons (Fsp3) is 0.696. The zero-order chi connectivity index (χ0) is 18.6. The zero-order valence-electron chi connectivity index (χ0n) is 16.9. The van der Waals surface area contributed by atoms with Crippen LogP contribution in [0.25, 0.3) is 0 Å². The first-order valence-corrected chi connectivity index (χ1v) is 11.0. The summed E-state index contributed by atoms with van der Waals surface area (Å²) in [5, 5.41) is 11.3. The summed E-state index contributed by atoms with van der Waals surface area (Å²) >= 11 is 0. The number of rotatable bonds is 6. The molecule has 0 bridgehead atoms. The van der Waals surface area contributed by atoms with E-state index in [2.05, 4.69) is 28.4 Å². The van der Waals surface area contributed by atoms with E-state index in [0.717, 1.165) is 24.8 Å². The van der Waals surface area contributed by atoms with Gasteiger partial charge in [0.05, 0.1) is 0 Å². The second kappa shape index (κ2) is 9.98. The third kappa shape index (κ3) is 4.83. The molecule has 1 aromatic carbocycles. The highest BCUT2D eigenvalue weighted by atomic mass is 35.5. The number of fused-ring (bicyclic) bond motifs is 3. The second-order valence-corrected chi connectivity index (χ2v) is 8.80. The van der Waals surface area contributed by atoms with Gasteiger partial charge in [-0.1, -0.05) is 50.3 Å². The number of nitrogens with one attached hydrogen (secondary N) is 1. The Hall–Kier alpha value is -1.26. The van der Waals surface area contributed by atoms with Crippen LogP contribution in [0.2, 0.25) is 0 Å². The van der Waals surface area contributed by atoms with Gasteiger partial charge in [-0.2, -0.15) is 0 Å². The molecule has 5 heteroatoms. The minimum atomic E-state index is -0.927. The number of hydrogen-bond donors (Lipinski definition) is 2.